The van der Waals surface area contributed by atoms with Gasteiger partial charge in [-0.3, -0.25) is 0 Å². The lowest BCUT2D eigenvalue weighted by Gasteiger charge is -2.32. The number of ether oxygens (including phenoxy) is 2. The summed E-state index contributed by atoms with van der Waals surface area (Å²) in [5.74, 6) is 1.39. The van der Waals surface area contributed by atoms with Crippen LogP contribution in [-0.2, 0) is 4.74 Å². The minimum Gasteiger partial charge on any atom is -0.497 e. The second kappa shape index (κ2) is 7.87. The average Bonchev–Trinajstić information content (AvgIpc) is 2.50. The van der Waals surface area contributed by atoms with Crippen LogP contribution in [0.15, 0.2) is 18.2 Å². The Morgan fingerprint density at radius 1 is 1.40 bits per heavy atom. The van der Waals surface area contributed by atoms with Gasteiger partial charge in [-0.1, -0.05) is 24.6 Å². The lowest BCUT2D eigenvalue weighted by Crippen LogP contribution is -2.32. The number of methoxy groups -OCH3 is 1. The number of halogens is 1. The molecular formula is C16H24ClNO2. The van der Waals surface area contributed by atoms with Gasteiger partial charge in [0.05, 0.1) is 7.11 Å². The van der Waals surface area contributed by atoms with Crippen molar-refractivity contribution in [3.8, 4) is 5.75 Å². The average molecular weight is 298 g/mol. The molecule has 20 heavy (non-hydrogen) atoms. The summed E-state index contributed by atoms with van der Waals surface area (Å²) in [4.78, 5) is 0. The standard InChI is InChI=1S/C16H24ClNO2/c1-3-8-18-16(12-6-9-20-10-7-12)14-5-4-13(19-2)11-15(14)17/h4-5,11-12,16,18H,3,6-10H2,1-2H3. The minimum atomic E-state index is 0.303. The number of hydrogen-bond donors (Lipinski definition) is 1. The second-order valence-corrected chi connectivity index (χ2v) is 5.68. The van der Waals surface area contributed by atoms with E-state index in [1.807, 2.05) is 12.1 Å². The summed E-state index contributed by atoms with van der Waals surface area (Å²) in [5, 5.41) is 4.43. The van der Waals surface area contributed by atoms with Crippen molar-refractivity contribution in [1.29, 1.82) is 0 Å². The molecule has 0 radical (unpaired) electrons. The van der Waals surface area contributed by atoms with Gasteiger partial charge in [0.15, 0.2) is 0 Å². The zero-order valence-electron chi connectivity index (χ0n) is 12.3. The van der Waals surface area contributed by atoms with Crippen molar-refractivity contribution >= 4 is 11.6 Å². The fraction of sp³-hybridized carbons (Fsp3) is 0.625. The first-order valence-electron chi connectivity index (χ1n) is 7.40. The van der Waals surface area contributed by atoms with Crippen LogP contribution < -0.4 is 10.1 Å². The van der Waals surface area contributed by atoms with E-state index in [0.717, 1.165) is 49.8 Å². The number of nitrogens with one attached hydrogen (secondary N) is 1. The van der Waals surface area contributed by atoms with Crippen LogP contribution in [0.1, 0.15) is 37.8 Å². The summed E-state index contributed by atoms with van der Waals surface area (Å²) in [6.45, 7) is 4.89. The molecule has 3 nitrogen and oxygen atoms in total. The van der Waals surface area contributed by atoms with Gasteiger partial charge in [-0.25, -0.2) is 0 Å². The maximum absolute atomic E-state index is 6.45. The van der Waals surface area contributed by atoms with Gasteiger partial charge in [-0.2, -0.15) is 0 Å². The maximum Gasteiger partial charge on any atom is 0.120 e. The monoisotopic (exact) mass is 297 g/mol. The molecular weight excluding hydrogens is 274 g/mol. The third kappa shape index (κ3) is 3.87. The van der Waals surface area contributed by atoms with Crippen LogP contribution in [0.2, 0.25) is 5.02 Å². The molecule has 1 aromatic rings. The van der Waals surface area contributed by atoms with Gasteiger partial charge in [0.1, 0.15) is 5.75 Å². The third-order valence-corrected chi connectivity index (χ3v) is 4.22. The van der Waals surface area contributed by atoms with Gasteiger partial charge in [0.2, 0.25) is 0 Å². The van der Waals surface area contributed by atoms with Gasteiger partial charge < -0.3 is 14.8 Å². The summed E-state index contributed by atoms with van der Waals surface area (Å²) in [6.07, 6.45) is 3.29. The van der Waals surface area contributed by atoms with Crippen molar-refractivity contribution in [3.63, 3.8) is 0 Å². The Morgan fingerprint density at radius 3 is 2.75 bits per heavy atom. The highest BCUT2D eigenvalue weighted by Crippen LogP contribution is 2.35. The van der Waals surface area contributed by atoms with Crippen LogP contribution in [0.25, 0.3) is 0 Å². The third-order valence-electron chi connectivity index (χ3n) is 3.89. The second-order valence-electron chi connectivity index (χ2n) is 5.27. The Labute approximate surface area is 126 Å². The first-order valence-corrected chi connectivity index (χ1v) is 7.78. The predicted octanol–water partition coefficient (Wildman–Crippen LogP) is 3.82. The topological polar surface area (TPSA) is 30.5 Å². The van der Waals surface area contributed by atoms with E-state index in [4.69, 9.17) is 21.1 Å². The van der Waals surface area contributed by atoms with Crippen molar-refractivity contribution in [3.05, 3.63) is 28.8 Å². The molecule has 112 valence electrons. The van der Waals surface area contributed by atoms with Crippen LogP contribution in [0, 0.1) is 5.92 Å². The minimum absolute atomic E-state index is 0.303. The quantitative estimate of drug-likeness (QED) is 0.866. The molecule has 1 aliphatic heterocycles. The van der Waals surface area contributed by atoms with Crippen LogP contribution in [-0.4, -0.2) is 26.9 Å². The molecule has 1 aliphatic rings. The molecule has 1 unspecified atom stereocenters. The van der Waals surface area contributed by atoms with Crippen LogP contribution in [0.4, 0.5) is 0 Å². The first-order chi connectivity index (χ1) is 9.76. The molecule has 0 aromatic heterocycles. The van der Waals surface area contributed by atoms with E-state index >= 15 is 0 Å². The Kier molecular flexibility index (Phi) is 6.14. The summed E-state index contributed by atoms with van der Waals surface area (Å²) in [5.41, 5.74) is 1.17. The molecule has 0 bridgehead atoms. The molecule has 0 amide bonds. The zero-order chi connectivity index (χ0) is 14.4. The SMILES string of the molecule is CCCNC(c1ccc(OC)cc1Cl)C1CCOCC1. The summed E-state index contributed by atoms with van der Waals surface area (Å²) in [6, 6.07) is 6.28. The van der Waals surface area contributed by atoms with E-state index in [1.165, 1.54) is 5.56 Å². The largest absolute Gasteiger partial charge is 0.497 e. The van der Waals surface area contributed by atoms with E-state index in [2.05, 4.69) is 18.3 Å². The van der Waals surface area contributed by atoms with Gasteiger partial charge >= 0.3 is 0 Å². The summed E-state index contributed by atoms with van der Waals surface area (Å²) in [7, 11) is 1.66. The predicted molar refractivity (Wildman–Crippen MR) is 82.6 cm³/mol. The number of rotatable bonds is 6. The Hall–Kier alpha value is -0.770. The Morgan fingerprint density at radius 2 is 2.15 bits per heavy atom. The summed E-state index contributed by atoms with van der Waals surface area (Å²) >= 11 is 6.45. The summed E-state index contributed by atoms with van der Waals surface area (Å²) < 4.78 is 10.7. The number of hydrogen-bond acceptors (Lipinski definition) is 3. The molecule has 2 rings (SSSR count). The molecule has 1 saturated heterocycles. The lowest BCUT2D eigenvalue weighted by atomic mass is 9.87. The van der Waals surface area contributed by atoms with Gasteiger partial charge in [0.25, 0.3) is 0 Å². The van der Waals surface area contributed by atoms with E-state index in [0.29, 0.717) is 12.0 Å². The van der Waals surface area contributed by atoms with Crippen LogP contribution in [0.5, 0.6) is 5.75 Å². The highest BCUT2D eigenvalue weighted by atomic mass is 35.5. The smallest absolute Gasteiger partial charge is 0.120 e. The van der Waals surface area contributed by atoms with E-state index < -0.39 is 0 Å². The van der Waals surface area contributed by atoms with Crippen molar-refractivity contribution < 1.29 is 9.47 Å². The molecule has 4 heteroatoms. The molecule has 1 fully saturated rings. The Bertz CT molecular complexity index is 419. The van der Waals surface area contributed by atoms with E-state index in [-0.39, 0.29) is 0 Å². The highest BCUT2D eigenvalue weighted by molar-refractivity contribution is 6.31. The zero-order valence-corrected chi connectivity index (χ0v) is 13.1. The van der Waals surface area contributed by atoms with Crippen molar-refractivity contribution in [1.82, 2.24) is 5.32 Å². The van der Waals surface area contributed by atoms with E-state index in [9.17, 15) is 0 Å². The number of benzene rings is 1. The molecule has 1 heterocycles. The van der Waals surface area contributed by atoms with Gasteiger partial charge in [-0.15, -0.1) is 0 Å². The maximum atomic E-state index is 6.45. The lowest BCUT2D eigenvalue weighted by molar-refractivity contribution is 0.0536. The van der Waals surface area contributed by atoms with Crippen LogP contribution in [0.3, 0.4) is 0 Å². The van der Waals surface area contributed by atoms with Crippen molar-refractivity contribution in [2.45, 2.75) is 32.2 Å². The molecule has 1 aromatic carbocycles. The van der Waals surface area contributed by atoms with Gasteiger partial charge in [-0.05, 0) is 49.4 Å². The molecule has 1 N–H and O–H groups in total. The molecule has 0 aliphatic carbocycles. The fourth-order valence-corrected chi connectivity index (χ4v) is 3.05. The van der Waals surface area contributed by atoms with Crippen molar-refractivity contribution in [2.24, 2.45) is 5.92 Å². The normalized spacial score (nSPS) is 17.9. The van der Waals surface area contributed by atoms with E-state index in [1.54, 1.807) is 7.11 Å². The molecule has 1 atom stereocenters. The fourth-order valence-electron chi connectivity index (χ4n) is 2.77. The van der Waals surface area contributed by atoms with Crippen molar-refractivity contribution in [2.75, 3.05) is 26.9 Å². The van der Waals surface area contributed by atoms with Crippen LogP contribution >= 0.6 is 11.6 Å². The molecule has 0 spiro atoms. The highest BCUT2D eigenvalue weighted by Gasteiger charge is 2.26. The Balaban J connectivity index is 2.20. The molecule has 0 saturated carbocycles. The van der Waals surface area contributed by atoms with Gasteiger partial charge in [0, 0.05) is 24.3 Å². The first kappa shape index (κ1) is 15.6.